The Labute approximate surface area is 106 Å². The summed E-state index contributed by atoms with van der Waals surface area (Å²) in [5.74, 6) is 0. The molecule has 0 atom stereocenters. The van der Waals surface area contributed by atoms with Gasteiger partial charge in [-0.1, -0.05) is 0 Å². The number of hydrogen-bond acceptors (Lipinski definition) is 5. The second-order valence-electron chi connectivity index (χ2n) is 4.72. The van der Waals surface area contributed by atoms with Crippen LogP contribution in [-0.4, -0.2) is 28.7 Å². The fourth-order valence-electron chi connectivity index (χ4n) is 1.44. The Bertz CT molecular complexity index is 427. The minimum Gasteiger partial charge on any atom is -0.389 e. The summed E-state index contributed by atoms with van der Waals surface area (Å²) < 4.78 is 0. The predicted octanol–water partition coefficient (Wildman–Crippen LogP) is 2.21. The van der Waals surface area contributed by atoms with Crippen LogP contribution in [0.5, 0.6) is 0 Å². The average molecular weight is 253 g/mol. The summed E-state index contributed by atoms with van der Waals surface area (Å²) in [6.45, 7) is 6.26. The van der Waals surface area contributed by atoms with Crippen LogP contribution in [-0.2, 0) is 0 Å². The Morgan fingerprint density at radius 3 is 2.28 bits per heavy atom. The summed E-state index contributed by atoms with van der Waals surface area (Å²) in [5, 5.41) is 26.4. The second kappa shape index (κ2) is 5.68. The van der Waals surface area contributed by atoms with E-state index in [-0.39, 0.29) is 5.69 Å². The number of benzene rings is 1. The van der Waals surface area contributed by atoms with Crippen molar-refractivity contribution in [3.63, 3.8) is 0 Å². The maximum atomic E-state index is 10.8. The van der Waals surface area contributed by atoms with Crippen molar-refractivity contribution in [2.45, 2.75) is 26.4 Å². The first kappa shape index (κ1) is 14.2. The molecule has 0 bridgehead atoms. The fourth-order valence-corrected chi connectivity index (χ4v) is 1.44. The Kier molecular flexibility index (Phi) is 4.49. The predicted molar refractivity (Wildman–Crippen MR) is 72.0 cm³/mol. The molecule has 3 N–H and O–H groups in total. The van der Waals surface area contributed by atoms with Gasteiger partial charge in [0, 0.05) is 36.6 Å². The molecule has 0 heterocycles. The van der Waals surface area contributed by atoms with Gasteiger partial charge in [-0.2, -0.15) is 0 Å². The Balaban J connectivity index is 2.92. The normalized spacial score (nSPS) is 11.1. The molecular formula is C12H19N3O3. The van der Waals surface area contributed by atoms with Crippen LogP contribution < -0.4 is 10.6 Å². The highest BCUT2D eigenvalue weighted by Crippen LogP contribution is 2.24. The van der Waals surface area contributed by atoms with Crippen LogP contribution in [0.3, 0.4) is 0 Å². The highest BCUT2D eigenvalue weighted by atomic mass is 16.6. The monoisotopic (exact) mass is 253 g/mol. The van der Waals surface area contributed by atoms with Gasteiger partial charge < -0.3 is 15.7 Å². The van der Waals surface area contributed by atoms with Crippen LogP contribution >= 0.6 is 0 Å². The highest BCUT2D eigenvalue weighted by molar-refractivity contribution is 5.63. The molecule has 18 heavy (non-hydrogen) atoms. The molecule has 0 unspecified atom stereocenters. The van der Waals surface area contributed by atoms with Crippen LogP contribution in [0.1, 0.15) is 20.8 Å². The first-order valence-corrected chi connectivity index (χ1v) is 5.81. The summed E-state index contributed by atoms with van der Waals surface area (Å²) in [6, 6.07) is 4.72. The number of nitrogens with one attached hydrogen (secondary N) is 2. The zero-order chi connectivity index (χ0) is 13.8. The van der Waals surface area contributed by atoms with Gasteiger partial charge in [-0.25, -0.2) is 0 Å². The van der Waals surface area contributed by atoms with Crippen LogP contribution in [0.15, 0.2) is 18.2 Å². The summed E-state index contributed by atoms with van der Waals surface area (Å²) >= 11 is 0. The summed E-state index contributed by atoms with van der Waals surface area (Å²) in [6.07, 6.45) is 0. The van der Waals surface area contributed by atoms with Crippen LogP contribution in [0.25, 0.3) is 0 Å². The van der Waals surface area contributed by atoms with E-state index in [1.807, 2.05) is 6.92 Å². The average Bonchev–Trinajstić information content (AvgIpc) is 2.25. The Hall–Kier alpha value is -1.82. The third-order valence-corrected chi connectivity index (χ3v) is 2.23. The molecule has 1 aromatic rings. The van der Waals surface area contributed by atoms with Crippen molar-refractivity contribution in [3.05, 3.63) is 28.3 Å². The molecule has 0 spiro atoms. The third kappa shape index (κ3) is 4.58. The van der Waals surface area contributed by atoms with E-state index in [1.54, 1.807) is 19.9 Å². The van der Waals surface area contributed by atoms with E-state index >= 15 is 0 Å². The Morgan fingerprint density at radius 2 is 1.83 bits per heavy atom. The standard InChI is InChI=1S/C12H19N3O3/c1-4-13-9-5-10(14-8-12(2,3)16)7-11(6-9)15(17)18/h5-7,13-14,16H,4,8H2,1-3H3. The van der Waals surface area contributed by atoms with Gasteiger partial charge in [0.25, 0.3) is 5.69 Å². The molecule has 0 aromatic heterocycles. The molecule has 1 rings (SSSR count). The van der Waals surface area contributed by atoms with E-state index < -0.39 is 10.5 Å². The third-order valence-electron chi connectivity index (χ3n) is 2.23. The van der Waals surface area contributed by atoms with Gasteiger partial charge in [0.05, 0.1) is 10.5 Å². The zero-order valence-corrected chi connectivity index (χ0v) is 10.9. The van der Waals surface area contributed by atoms with Gasteiger partial charge in [0.1, 0.15) is 0 Å². The molecule has 0 radical (unpaired) electrons. The minimum absolute atomic E-state index is 0.0201. The van der Waals surface area contributed by atoms with Crippen molar-refractivity contribution in [1.82, 2.24) is 0 Å². The van der Waals surface area contributed by atoms with Crippen molar-refractivity contribution >= 4 is 17.1 Å². The molecule has 6 nitrogen and oxygen atoms in total. The molecule has 0 aliphatic rings. The molecule has 0 aliphatic carbocycles. The smallest absolute Gasteiger partial charge is 0.273 e. The number of anilines is 2. The topological polar surface area (TPSA) is 87.4 Å². The number of aliphatic hydroxyl groups is 1. The minimum atomic E-state index is -0.872. The van der Waals surface area contributed by atoms with E-state index in [9.17, 15) is 15.2 Å². The molecule has 0 fully saturated rings. The summed E-state index contributed by atoms with van der Waals surface area (Å²) in [5.41, 5.74) is 0.446. The molecule has 0 saturated carbocycles. The van der Waals surface area contributed by atoms with Crippen LogP contribution in [0.2, 0.25) is 0 Å². The van der Waals surface area contributed by atoms with Crippen LogP contribution in [0.4, 0.5) is 17.1 Å². The first-order valence-electron chi connectivity index (χ1n) is 5.81. The van der Waals surface area contributed by atoms with Crippen molar-refractivity contribution in [1.29, 1.82) is 0 Å². The van der Waals surface area contributed by atoms with Gasteiger partial charge in [0.2, 0.25) is 0 Å². The lowest BCUT2D eigenvalue weighted by molar-refractivity contribution is -0.384. The van der Waals surface area contributed by atoms with Crippen molar-refractivity contribution < 1.29 is 10.0 Å². The molecule has 0 amide bonds. The van der Waals surface area contributed by atoms with Gasteiger partial charge in [-0.05, 0) is 26.8 Å². The first-order chi connectivity index (χ1) is 8.31. The quantitative estimate of drug-likeness (QED) is 0.534. The van der Waals surface area contributed by atoms with E-state index in [0.717, 1.165) is 0 Å². The number of nitro benzene ring substituents is 1. The number of nitro groups is 1. The molecule has 0 saturated heterocycles. The van der Waals surface area contributed by atoms with Gasteiger partial charge in [-0.3, -0.25) is 10.1 Å². The van der Waals surface area contributed by atoms with Gasteiger partial charge in [0.15, 0.2) is 0 Å². The van der Waals surface area contributed by atoms with Crippen molar-refractivity contribution in [3.8, 4) is 0 Å². The number of hydrogen-bond donors (Lipinski definition) is 3. The van der Waals surface area contributed by atoms with Crippen molar-refractivity contribution in [2.75, 3.05) is 23.7 Å². The summed E-state index contributed by atoms with van der Waals surface area (Å²) in [7, 11) is 0. The van der Waals surface area contributed by atoms with Gasteiger partial charge >= 0.3 is 0 Å². The molecule has 1 aromatic carbocycles. The zero-order valence-electron chi connectivity index (χ0n) is 10.9. The maximum absolute atomic E-state index is 10.8. The molecule has 0 aliphatic heterocycles. The number of rotatable bonds is 6. The Morgan fingerprint density at radius 1 is 1.28 bits per heavy atom. The lowest BCUT2D eigenvalue weighted by atomic mass is 10.1. The highest BCUT2D eigenvalue weighted by Gasteiger charge is 2.14. The molecular weight excluding hydrogens is 234 g/mol. The lowest BCUT2D eigenvalue weighted by Gasteiger charge is -2.19. The number of nitrogens with zero attached hydrogens (tertiary/aromatic N) is 1. The van der Waals surface area contributed by atoms with E-state index in [1.165, 1.54) is 12.1 Å². The van der Waals surface area contributed by atoms with Gasteiger partial charge in [-0.15, -0.1) is 0 Å². The van der Waals surface area contributed by atoms with E-state index in [2.05, 4.69) is 10.6 Å². The molecule has 100 valence electrons. The molecule has 6 heteroatoms. The van der Waals surface area contributed by atoms with E-state index in [4.69, 9.17) is 0 Å². The fraction of sp³-hybridized carbons (Fsp3) is 0.500. The van der Waals surface area contributed by atoms with Crippen LogP contribution in [0, 0.1) is 10.1 Å². The number of non-ortho nitro benzene ring substituents is 1. The summed E-state index contributed by atoms with van der Waals surface area (Å²) in [4.78, 5) is 10.4. The largest absolute Gasteiger partial charge is 0.389 e. The van der Waals surface area contributed by atoms with Crippen molar-refractivity contribution in [2.24, 2.45) is 0 Å². The maximum Gasteiger partial charge on any atom is 0.273 e. The lowest BCUT2D eigenvalue weighted by Crippen LogP contribution is -2.29. The second-order valence-corrected chi connectivity index (χ2v) is 4.72. The SMILES string of the molecule is CCNc1cc(NCC(C)(C)O)cc([N+](=O)[O-])c1. The van der Waals surface area contributed by atoms with E-state index in [0.29, 0.717) is 24.5 Å².